The first kappa shape index (κ1) is 17.1. The van der Waals surface area contributed by atoms with Gasteiger partial charge in [0.1, 0.15) is 21.9 Å². The molecule has 0 unspecified atom stereocenters. The number of halogens is 1. The van der Waals surface area contributed by atoms with Gasteiger partial charge in [0.2, 0.25) is 0 Å². The van der Waals surface area contributed by atoms with Crippen LogP contribution in [-0.4, -0.2) is 40.5 Å². The normalized spacial score (nSPS) is 30.1. The summed E-state index contributed by atoms with van der Waals surface area (Å²) in [6.45, 7) is 7.26. The van der Waals surface area contributed by atoms with Crippen LogP contribution in [-0.2, 0) is 19.1 Å². The zero-order valence-electron chi connectivity index (χ0n) is 13.1. The van der Waals surface area contributed by atoms with E-state index >= 15 is 0 Å². The Morgan fingerprint density at radius 1 is 1.50 bits per heavy atom. The van der Waals surface area contributed by atoms with Gasteiger partial charge in [-0.25, -0.2) is 9.59 Å². The first-order chi connectivity index (χ1) is 10.2. The van der Waals surface area contributed by atoms with Gasteiger partial charge >= 0.3 is 12.1 Å². The van der Waals surface area contributed by atoms with Crippen LogP contribution in [0.5, 0.6) is 0 Å². The molecule has 0 aromatic carbocycles. The van der Waals surface area contributed by atoms with Crippen molar-refractivity contribution in [2.24, 2.45) is 11.1 Å². The number of ether oxygens (including phenoxy) is 2. The molecule has 1 fully saturated rings. The lowest BCUT2D eigenvalue weighted by molar-refractivity contribution is -0.148. The highest BCUT2D eigenvalue weighted by molar-refractivity contribution is 9.18. The van der Waals surface area contributed by atoms with E-state index in [2.05, 4.69) is 26.4 Å². The fourth-order valence-electron chi connectivity index (χ4n) is 2.49. The second kappa shape index (κ2) is 6.06. The van der Waals surface area contributed by atoms with Crippen molar-refractivity contribution in [2.75, 3.05) is 6.61 Å². The number of nitrogens with zero attached hydrogens (tertiary/aromatic N) is 1. The highest BCUT2D eigenvalue weighted by atomic mass is 79.9. The molecule has 2 rings (SSSR count). The molecule has 124 valence electrons. The number of carbonyl (C=O) groups is 2. The van der Waals surface area contributed by atoms with E-state index in [0.717, 1.165) is 0 Å². The van der Waals surface area contributed by atoms with Crippen molar-refractivity contribution < 1.29 is 23.9 Å². The fourth-order valence-corrected chi connectivity index (χ4v) is 2.90. The lowest BCUT2D eigenvalue weighted by Gasteiger charge is -2.24. The van der Waals surface area contributed by atoms with Gasteiger partial charge in [0.05, 0.1) is 6.61 Å². The summed E-state index contributed by atoms with van der Waals surface area (Å²) in [4.78, 5) is 29.6. The molecule has 1 aliphatic heterocycles. The lowest BCUT2D eigenvalue weighted by Crippen LogP contribution is -2.49. The minimum atomic E-state index is -1.09. The standard InChI is InChI=1S/C14H21BrN2O5/c1-5-20-11(18)14(16-12(19)21-13(2,3)4)7-8(14)9-6-10(15)17-22-9/h8-9H,5-7H2,1-4H3,(H,16,19)/t8-,9-,14+/m0/s1. The summed E-state index contributed by atoms with van der Waals surface area (Å²) in [7, 11) is 0. The van der Waals surface area contributed by atoms with E-state index in [1.807, 2.05) is 0 Å². The summed E-state index contributed by atoms with van der Waals surface area (Å²) in [5.74, 6) is -0.643. The van der Waals surface area contributed by atoms with Gasteiger partial charge in [-0.1, -0.05) is 5.16 Å². The average molecular weight is 377 g/mol. The van der Waals surface area contributed by atoms with Crippen molar-refractivity contribution in [3.8, 4) is 0 Å². The van der Waals surface area contributed by atoms with Crippen LogP contribution < -0.4 is 5.32 Å². The van der Waals surface area contributed by atoms with E-state index < -0.39 is 23.2 Å². The van der Waals surface area contributed by atoms with E-state index in [1.165, 1.54) is 0 Å². The Balaban J connectivity index is 2.05. The molecule has 0 saturated heterocycles. The number of hydrogen-bond acceptors (Lipinski definition) is 6. The van der Waals surface area contributed by atoms with Crippen molar-refractivity contribution in [2.45, 2.75) is 57.8 Å². The van der Waals surface area contributed by atoms with Crippen LogP contribution in [0.3, 0.4) is 0 Å². The van der Waals surface area contributed by atoms with Crippen LogP contribution in [0.1, 0.15) is 40.5 Å². The van der Waals surface area contributed by atoms with Gasteiger partial charge < -0.3 is 19.6 Å². The third-order valence-corrected chi connectivity index (χ3v) is 3.95. The van der Waals surface area contributed by atoms with Gasteiger partial charge in [0, 0.05) is 12.3 Å². The third-order valence-electron chi connectivity index (χ3n) is 3.48. The smallest absolute Gasteiger partial charge is 0.408 e. The van der Waals surface area contributed by atoms with E-state index in [1.54, 1.807) is 27.7 Å². The summed E-state index contributed by atoms with van der Waals surface area (Å²) >= 11 is 3.27. The Labute approximate surface area is 137 Å². The molecule has 0 aromatic heterocycles. The Bertz CT molecular complexity index is 502. The van der Waals surface area contributed by atoms with Crippen LogP contribution in [0.4, 0.5) is 4.79 Å². The molecule has 0 spiro atoms. The molecule has 22 heavy (non-hydrogen) atoms. The Morgan fingerprint density at radius 2 is 2.18 bits per heavy atom. The largest absolute Gasteiger partial charge is 0.464 e. The van der Waals surface area contributed by atoms with Crippen LogP contribution in [0.25, 0.3) is 0 Å². The molecule has 0 bridgehead atoms. The molecule has 3 atom stereocenters. The quantitative estimate of drug-likeness (QED) is 0.760. The summed E-state index contributed by atoms with van der Waals surface area (Å²) in [5, 5.41) is 6.49. The molecule has 1 N–H and O–H groups in total. The minimum Gasteiger partial charge on any atom is -0.464 e. The van der Waals surface area contributed by atoms with Crippen LogP contribution in [0, 0.1) is 5.92 Å². The number of amides is 1. The first-order valence-electron chi connectivity index (χ1n) is 7.24. The summed E-state index contributed by atoms with van der Waals surface area (Å²) in [6.07, 6.45) is 0.127. The Kier molecular flexibility index (Phi) is 4.70. The monoisotopic (exact) mass is 376 g/mol. The SMILES string of the molecule is CCOC(=O)[C@@]1(NC(=O)OC(C)(C)C)C[C@H]1[C@@H]1CC(Br)=NO1. The maximum absolute atomic E-state index is 12.3. The molecule has 1 amide bonds. The van der Waals surface area contributed by atoms with Crippen LogP contribution in [0.2, 0.25) is 0 Å². The van der Waals surface area contributed by atoms with Crippen molar-refractivity contribution >= 4 is 32.6 Å². The molecular weight excluding hydrogens is 356 g/mol. The number of oxime groups is 1. The summed E-state index contributed by atoms with van der Waals surface area (Å²) in [5.41, 5.74) is -1.73. The van der Waals surface area contributed by atoms with Crippen molar-refractivity contribution in [1.29, 1.82) is 0 Å². The maximum Gasteiger partial charge on any atom is 0.408 e. The van der Waals surface area contributed by atoms with Crippen LogP contribution >= 0.6 is 15.9 Å². The van der Waals surface area contributed by atoms with Crippen molar-refractivity contribution in [1.82, 2.24) is 5.32 Å². The zero-order chi connectivity index (χ0) is 16.5. The van der Waals surface area contributed by atoms with Gasteiger partial charge in [-0.2, -0.15) is 0 Å². The van der Waals surface area contributed by atoms with E-state index in [-0.39, 0.29) is 18.6 Å². The predicted molar refractivity (Wildman–Crippen MR) is 82.7 cm³/mol. The Hall–Kier alpha value is -1.31. The van der Waals surface area contributed by atoms with E-state index in [4.69, 9.17) is 14.3 Å². The molecule has 8 heteroatoms. The van der Waals surface area contributed by atoms with Gasteiger partial charge in [-0.3, -0.25) is 0 Å². The summed E-state index contributed by atoms with van der Waals surface area (Å²) in [6, 6.07) is 0. The highest BCUT2D eigenvalue weighted by Gasteiger charge is 2.67. The second-order valence-corrected chi connectivity index (χ2v) is 7.36. The molecular formula is C14H21BrN2O5. The Morgan fingerprint density at radius 3 is 2.68 bits per heavy atom. The van der Waals surface area contributed by atoms with Crippen molar-refractivity contribution in [3.05, 3.63) is 0 Å². The average Bonchev–Trinajstić information content (AvgIpc) is 2.92. The molecule has 1 saturated carbocycles. The van der Waals surface area contributed by atoms with Gasteiger partial charge in [0.25, 0.3) is 0 Å². The first-order valence-corrected chi connectivity index (χ1v) is 8.04. The lowest BCUT2D eigenvalue weighted by atomic mass is 10.1. The van der Waals surface area contributed by atoms with Crippen molar-refractivity contribution in [3.63, 3.8) is 0 Å². The van der Waals surface area contributed by atoms with Gasteiger partial charge in [-0.05, 0) is 50.0 Å². The van der Waals surface area contributed by atoms with E-state index in [9.17, 15) is 9.59 Å². The molecule has 1 aliphatic carbocycles. The fraction of sp³-hybridized carbons (Fsp3) is 0.786. The molecule has 0 radical (unpaired) electrons. The van der Waals surface area contributed by atoms with Gasteiger partial charge in [0.15, 0.2) is 0 Å². The topological polar surface area (TPSA) is 86.2 Å². The third kappa shape index (κ3) is 3.71. The van der Waals surface area contributed by atoms with E-state index in [0.29, 0.717) is 17.5 Å². The number of rotatable bonds is 4. The number of hydrogen-bond donors (Lipinski definition) is 1. The second-order valence-electron chi connectivity index (χ2n) is 6.44. The number of carbonyl (C=O) groups excluding carboxylic acids is 2. The number of alkyl carbamates (subject to hydrolysis) is 1. The highest BCUT2D eigenvalue weighted by Crippen LogP contribution is 2.50. The minimum absolute atomic E-state index is 0.183. The van der Waals surface area contributed by atoms with Crippen LogP contribution in [0.15, 0.2) is 5.16 Å². The molecule has 2 aliphatic rings. The number of nitrogens with one attached hydrogen (secondary N) is 1. The molecule has 7 nitrogen and oxygen atoms in total. The molecule has 0 aromatic rings. The molecule has 1 heterocycles. The van der Waals surface area contributed by atoms with Gasteiger partial charge in [-0.15, -0.1) is 0 Å². The zero-order valence-corrected chi connectivity index (χ0v) is 14.7. The summed E-state index contributed by atoms with van der Waals surface area (Å²) < 4.78 is 11.0. The maximum atomic E-state index is 12.3. The predicted octanol–water partition coefficient (Wildman–Crippen LogP) is 2.33. The number of esters is 1.